The topological polar surface area (TPSA) is 127 Å². The second kappa shape index (κ2) is 8.26. The van der Waals surface area contributed by atoms with Crippen molar-refractivity contribution in [1.82, 2.24) is 9.97 Å². The second-order valence-corrected chi connectivity index (χ2v) is 6.27. The zero-order valence-corrected chi connectivity index (χ0v) is 15.7. The van der Waals surface area contributed by atoms with Gasteiger partial charge in [0.25, 0.3) is 17.5 Å². The standard InChI is InChI=1S/C20H17N5O4/c1-12-5-3-7-21-17(12)23-19(26)14-9-15(11-16(10-14)25(28)29)20(27)24-18-13(2)6-4-8-22-18/h3-11H,1-2H3,(H,21,23,26)(H,22,24,27). The maximum Gasteiger partial charge on any atom is 0.271 e. The summed E-state index contributed by atoms with van der Waals surface area (Å²) in [7, 11) is 0. The third-order valence-electron chi connectivity index (χ3n) is 4.14. The van der Waals surface area contributed by atoms with Crippen molar-refractivity contribution in [3.05, 3.63) is 87.2 Å². The molecular weight excluding hydrogens is 374 g/mol. The molecule has 0 bridgehead atoms. The molecule has 0 aliphatic heterocycles. The van der Waals surface area contributed by atoms with E-state index in [1.807, 2.05) is 0 Å². The molecule has 2 amide bonds. The Morgan fingerprint density at radius 1 is 0.862 bits per heavy atom. The van der Waals surface area contributed by atoms with Crippen LogP contribution in [-0.4, -0.2) is 26.7 Å². The lowest BCUT2D eigenvalue weighted by molar-refractivity contribution is -0.384. The predicted octanol–water partition coefficient (Wildman–Crippen LogP) is 3.51. The van der Waals surface area contributed by atoms with Gasteiger partial charge in [-0.15, -0.1) is 0 Å². The van der Waals surface area contributed by atoms with Crippen molar-refractivity contribution in [3.8, 4) is 0 Å². The fraction of sp³-hybridized carbons (Fsp3) is 0.100. The Labute approximate surface area is 166 Å². The zero-order valence-electron chi connectivity index (χ0n) is 15.7. The van der Waals surface area contributed by atoms with Crippen molar-refractivity contribution < 1.29 is 14.5 Å². The first-order chi connectivity index (χ1) is 13.8. The largest absolute Gasteiger partial charge is 0.306 e. The van der Waals surface area contributed by atoms with Gasteiger partial charge in [0, 0.05) is 35.7 Å². The fourth-order valence-electron chi connectivity index (χ4n) is 2.57. The number of non-ortho nitro benzene ring substituents is 1. The predicted molar refractivity (Wildman–Crippen MR) is 107 cm³/mol. The van der Waals surface area contributed by atoms with Crippen LogP contribution in [0.4, 0.5) is 17.3 Å². The summed E-state index contributed by atoms with van der Waals surface area (Å²) in [5.74, 6) is -0.560. The summed E-state index contributed by atoms with van der Waals surface area (Å²) >= 11 is 0. The third kappa shape index (κ3) is 4.59. The van der Waals surface area contributed by atoms with Crippen LogP contribution in [0.3, 0.4) is 0 Å². The van der Waals surface area contributed by atoms with Gasteiger partial charge in [-0.05, 0) is 43.2 Å². The summed E-state index contributed by atoms with van der Waals surface area (Å²) in [6.45, 7) is 3.54. The van der Waals surface area contributed by atoms with Crippen LogP contribution in [0.2, 0.25) is 0 Å². The smallest absolute Gasteiger partial charge is 0.271 e. The van der Waals surface area contributed by atoms with E-state index in [0.717, 1.165) is 23.3 Å². The van der Waals surface area contributed by atoms with Gasteiger partial charge in [0.15, 0.2) is 0 Å². The lowest BCUT2D eigenvalue weighted by atomic mass is 10.1. The van der Waals surface area contributed by atoms with E-state index in [1.165, 1.54) is 18.5 Å². The molecule has 3 aromatic rings. The highest BCUT2D eigenvalue weighted by Gasteiger charge is 2.19. The third-order valence-corrected chi connectivity index (χ3v) is 4.14. The normalized spacial score (nSPS) is 10.3. The van der Waals surface area contributed by atoms with E-state index in [9.17, 15) is 19.7 Å². The molecule has 2 heterocycles. The van der Waals surface area contributed by atoms with Crippen LogP contribution >= 0.6 is 0 Å². The lowest BCUT2D eigenvalue weighted by Crippen LogP contribution is -2.18. The van der Waals surface area contributed by atoms with Crippen LogP contribution in [0.5, 0.6) is 0 Å². The molecule has 0 spiro atoms. The summed E-state index contributed by atoms with van der Waals surface area (Å²) in [5.41, 5.74) is 1.02. The minimum absolute atomic E-state index is 0.0351. The maximum atomic E-state index is 12.6. The molecule has 0 atom stereocenters. The number of carbonyl (C=O) groups is 2. The summed E-state index contributed by atoms with van der Waals surface area (Å²) in [6, 6.07) is 10.5. The molecule has 0 aliphatic rings. The van der Waals surface area contributed by atoms with E-state index in [-0.39, 0.29) is 16.8 Å². The fourth-order valence-corrected chi connectivity index (χ4v) is 2.57. The number of aryl methyl sites for hydroxylation is 2. The van der Waals surface area contributed by atoms with E-state index in [4.69, 9.17) is 0 Å². The molecule has 146 valence electrons. The Morgan fingerprint density at radius 3 is 1.69 bits per heavy atom. The van der Waals surface area contributed by atoms with Crippen molar-refractivity contribution in [2.75, 3.05) is 10.6 Å². The van der Waals surface area contributed by atoms with Crippen LogP contribution in [0.25, 0.3) is 0 Å². The molecule has 0 unspecified atom stereocenters. The van der Waals surface area contributed by atoms with E-state index in [1.54, 1.807) is 38.1 Å². The van der Waals surface area contributed by atoms with Crippen molar-refractivity contribution >= 4 is 29.1 Å². The Kier molecular flexibility index (Phi) is 5.59. The van der Waals surface area contributed by atoms with Crippen LogP contribution < -0.4 is 10.6 Å². The maximum absolute atomic E-state index is 12.6. The number of nitrogens with one attached hydrogen (secondary N) is 2. The molecule has 0 saturated heterocycles. The summed E-state index contributed by atoms with van der Waals surface area (Å²) in [5, 5.41) is 16.5. The first-order valence-electron chi connectivity index (χ1n) is 8.60. The average Bonchev–Trinajstić information content (AvgIpc) is 2.71. The number of amides is 2. The van der Waals surface area contributed by atoms with E-state index >= 15 is 0 Å². The molecule has 3 rings (SSSR count). The van der Waals surface area contributed by atoms with Gasteiger partial charge in [-0.25, -0.2) is 9.97 Å². The summed E-state index contributed by atoms with van der Waals surface area (Å²) in [4.78, 5) is 44.0. The van der Waals surface area contributed by atoms with Gasteiger partial charge in [0.1, 0.15) is 11.6 Å². The summed E-state index contributed by atoms with van der Waals surface area (Å²) in [6.07, 6.45) is 3.04. The Morgan fingerprint density at radius 2 is 1.31 bits per heavy atom. The summed E-state index contributed by atoms with van der Waals surface area (Å²) < 4.78 is 0. The molecule has 2 aromatic heterocycles. The molecule has 0 aliphatic carbocycles. The van der Waals surface area contributed by atoms with Crippen LogP contribution in [0.15, 0.2) is 54.9 Å². The van der Waals surface area contributed by atoms with Crippen molar-refractivity contribution in [3.63, 3.8) is 0 Å². The minimum atomic E-state index is -0.661. The number of benzene rings is 1. The van der Waals surface area contributed by atoms with Gasteiger partial charge in [-0.2, -0.15) is 0 Å². The van der Waals surface area contributed by atoms with Gasteiger partial charge in [-0.3, -0.25) is 19.7 Å². The first kappa shape index (κ1) is 19.6. The number of anilines is 2. The lowest BCUT2D eigenvalue weighted by Gasteiger charge is -2.10. The molecule has 0 radical (unpaired) electrons. The number of rotatable bonds is 5. The van der Waals surface area contributed by atoms with Crippen LogP contribution in [0, 0.1) is 24.0 Å². The number of carbonyl (C=O) groups excluding carboxylic acids is 2. The van der Waals surface area contributed by atoms with E-state index in [0.29, 0.717) is 11.6 Å². The highest BCUT2D eigenvalue weighted by molar-refractivity contribution is 6.09. The highest BCUT2D eigenvalue weighted by Crippen LogP contribution is 2.20. The minimum Gasteiger partial charge on any atom is -0.306 e. The number of pyridine rings is 2. The van der Waals surface area contributed by atoms with Crippen molar-refractivity contribution in [1.29, 1.82) is 0 Å². The van der Waals surface area contributed by atoms with Crippen LogP contribution in [0.1, 0.15) is 31.8 Å². The number of nitrogens with zero attached hydrogens (tertiary/aromatic N) is 3. The van der Waals surface area contributed by atoms with Gasteiger partial charge in [-0.1, -0.05) is 12.1 Å². The SMILES string of the molecule is Cc1cccnc1NC(=O)c1cc(C(=O)Nc2ncccc2C)cc([N+](=O)[O-])c1. The highest BCUT2D eigenvalue weighted by atomic mass is 16.6. The van der Waals surface area contributed by atoms with Gasteiger partial charge in [0.05, 0.1) is 4.92 Å². The zero-order chi connectivity index (χ0) is 21.0. The Balaban J connectivity index is 1.92. The number of aromatic nitrogens is 2. The number of hydrogen-bond donors (Lipinski definition) is 2. The van der Waals surface area contributed by atoms with Crippen molar-refractivity contribution in [2.45, 2.75) is 13.8 Å². The Bertz CT molecular complexity index is 1040. The Hall–Kier alpha value is -4.14. The van der Waals surface area contributed by atoms with Crippen molar-refractivity contribution in [2.24, 2.45) is 0 Å². The molecule has 9 heteroatoms. The average molecular weight is 391 g/mol. The van der Waals surface area contributed by atoms with Gasteiger partial charge < -0.3 is 10.6 Å². The second-order valence-electron chi connectivity index (χ2n) is 6.27. The molecule has 1 aromatic carbocycles. The number of nitro groups is 1. The molecule has 0 saturated carbocycles. The van der Waals surface area contributed by atoms with E-state index in [2.05, 4.69) is 20.6 Å². The molecule has 29 heavy (non-hydrogen) atoms. The molecule has 0 fully saturated rings. The first-order valence-corrected chi connectivity index (χ1v) is 8.60. The molecule has 9 nitrogen and oxygen atoms in total. The van der Waals surface area contributed by atoms with Gasteiger partial charge in [0.2, 0.25) is 0 Å². The monoisotopic (exact) mass is 391 g/mol. The van der Waals surface area contributed by atoms with Crippen LogP contribution in [-0.2, 0) is 0 Å². The molecule has 2 N–H and O–H groups in total. The quantitative estimate of drug-likeness (QED) is 0.506. The number of hydrogen-bond acceptors (Lipinski definition) is 6. The number of nitro benzene ring substituents is 1. The van der Waals surface area contributed by atoms with E-state index < -0.39 is 16.7 Å². The van der Waals surface area contributed by atoms with Gasteiger partial charge >= 0.3 is 0 Å². The molecular formula is C20H17N5O4.